The molecule has 0 aliphatic rings. The van der Waals surface area contributed by atoms with Gasteiger partial charge in [-0.3, -0.25) is 33.6 Å². The highest BCUT2D eigenvalue weighted by atomic mass is 35.5. The molecule has 0 spiro atoms. The van der Waals surface area contributed by atoms with Crippen LogP contribution in [0.4, 0.5) is 13.2 Å². The molecule has 0 saturated carbocycles. The van der Waals surface area contributed by atoms with Gasteiger partial charge in [-0.25, -0.2) is 19.2 Å². The number of aromatic carboxylic acids is 1. The van der Waals surface area contributed by atoms with Gasteiger partial charge < -0.3 is 64.8 Å². The van der Waals surface area contributed by atoms with Crippen molar-refractivity contribution in [2.45, 2.75) is 110 Å². The first-order valence-electron chi connectivity index (χ1n) is 23.4. The highest BCUT2D eigenvalue weighted by molar-refractivity contribution is 5.99. The normalized spacial score (nSPS) is 11.2. The van der Waals surface area contributed by atoms with E-state index in [4.69, 9.17) is 15.9 Å². The Bertz CT molecular complexity index is 2340. The molecule has 77 heavy (non-hydrogen) atoms. The summed E-state index contributed by atoms with van der Waals surface area (Å²) in [5, 5.41) is 26.9. The van der Waals surface area contributed by atoms with E-state index in [1.54, 1.807) is 53.8 Å². The summed E-state index contributed by atoms with van der Waals surface area (Å²) in [6.45, 7) is 7.02. The van der Waals surface area contributed by atoms with Crippen molar-refractivity contribution in [3.63, 3.8) is 0 Å². The second-order valence-electron chi connectivity index (χ2n) is 16.4. The van der Waals surface area contributed by atoms with E-state index >= 15 is 0 Å². The Labute approximate surface area is 456 Å². The highest BCUT2D eigenvalue weighted by Crippen LogP contribution is 2.16. The van der Waals surface area contributed by atoms with Crippen LogP contribution in [0.5, 0.6) is 0 Å². The van der Waals surface area contributed by atoms with Crippen LogP contribution in [-0.4, -0.2) is 133 Å². The minimum atomic E-state index is -5.01. The summed E-state index contributed by atoms with van der Waals surface area (Å²) in [5.74, 6) is -6.28. The fraction of sp³-hybridized carbons (Fsp3) is 0.431. The van der Waals surface area contributed by atoms with E-state index in [-0.39, 0.29) is 71.9 Å². The molecule has 0 fully saturated rings. The van der Waals surface area contributed by atoms with E-state index in [0.29, 0.717) is 98.8 Å². The third-order valence-corrected chi connectivity index (χ3v) is 10.3. The van der Waals surface area contributed by atoms with Crippen molar-refractivity contribution in [2.75, 3.05) is 33.9 Å². The molecule has 4 amide bonds. The number of benzene rings is 3. The molecule has 0 heterocycles. The SMILES string of the molecule is CC(=O)c1ccc(C(=O)NCCCC[C@H]([NH3+])C(=O)O)cc1.CC(=O)c1ccc(C(=O)O)cc1.COC(=O)[C@H](CCCCN)NC(=O)C(F)(F)F.COC(=O)[C@H](CCCCNC(=O)c1ccc(C(C)=O)cc1)NC(C)=O.Cl.[Cl-]. The van der Waals surface area contributed by atoms with Gasteiger partial charge in [-0.1, -0.05) is 36.4 Å². The van der Waals surface area contributed by atoms with E-state index in [0.717, 1.165) is 7.11 Å². The number of unbranched alkanes of at least 4 members (excludes halogenated alkanes) is 3. The number of esters is 2. The smallest absolute Gasteiger partial charge is 0.471 e. The largest absolute Gasteiger partial charge is 1.00 e. The predicted molar refractivity (Wildman–Crippen MR) is 273 cm³/mol. The number of nitrogens with two attached hydrogens (primary N) is 1. The molecule has 11 N–H and O–H groups in total. The van der Waals surface area contributed by atoms with Crippen LogP contribution in [0.25, 0.3) is 0 Å². The Morgan fingerprint density at radius 3 is 1.17 bits per heavy atom. The number of carbonyl (C=O) groups is 11. The van der Waals surface area contributed by atoms with Crippen LogP contribution >= 0.6 is 12.4 Å². The summed E-state index contributed by atoms with van der Waals surface area (Å²) >= 11 is 0. The minimum absolute atomic E-state index is 0. The number of quaternary nitrogens is 1. The van der Waals surface area contributed by atoms with Crippen LogP contribution in [0, 0.1) is 0 Å². The number of nitrogens with one attached hydrogen (secondary N) is 4. The lowest BCUT2D eigenvalue weighted by Gasteiger charge is -2.17. The highest BCUT2D eigenvalue weighted by Gasteiger charge is 2.41. The summed E-state index contributed by atoms with van der Waals surface area (Å²) in [5.41, 5.74) is 11.6. The number of amides is 4. The van der Waals surface area contributed by atoms with Gasteiger partial charge in [0, 0.05) is 54.3 Å². The molecule has 428 valence electrons. The van der Waals surface area contributed by atoms with Gasteiger partial charge in [0.15, 0.2) is 23.4 Å². The molecule has 0 bridgehead atoms. The molecular formula is C51H69Cl2F3N6O15. The zero-order valence-corrected chi connectivity index (χ0v) is 45.1. The zero-order valence-electron chi connectivity index (χ0n) is 43.6. The Morgan fingerprint density at radius 1 is 0.545 bits per heavy atom. The van der Waals surface area contributed by atoms with E-state index in [1.165, 1.54) is 59.1 Å². The predicted octanol–water partition coefficient (Wildman–Crippen LogP) is 1.30. The number of ketones is 3. The van der Waals surface area contributed by atoms with Gasteiger partial charge in [-0.2, -0.15) is 13.2 Å². The number of carboxylic acids is 2. The van der Waals surface area contributed by atoms with Crippen LogP contribution in [0.3, 0.4) is 0 Å². The van der Waals surface area contributed by atoms with Crippen molar-refractivity contribution in [1.82, 2.24) is 21.3 Å². The van der Waals surface area contributed by atoms with Gasteiger partial charge >= 0.3 is 36.0 Å². The molecule has 0 aromatic heterocycles. The number of halogens is 5. The topological polar surface area (TPSA) is 348 Å². The average Bonchev–Trinajstić information content (AvgIpc) is 3.37. The quantitative estimate of drug-likeness (QED) is 0.0337. The van der Waals surface area contributed by atoms with E-state index in [1.807, 2.05) is 0 Å². The Hall–Kier alpha value is -7.28. The molecule has 3 atom stereocenters. The van der Waals surface area contributed by atoms with Gasteiger partial charge in [-0.05, 0) is 115 Å². The van der Waals surface area contributed by atoms with Gasteiger partial charge in [0.05, 0.1) is 19.8 Å². The number of Topliss-reactive ketones (excluding diaryl/α,β-unsaturated/α-hetero) is 3. The summed E-state index contributed by atoms with van der Waals surface area (Å²) < 4.78 is 44.9. The van der Waals surface area contributed by atoms with Crippen LogP contribution in [-0.2, 0) is 33.4 Å². The second-order valence-corrected chi connectivity index (χ2v) is 16.4. The molecule has 0 radical (unpaired) electrons. The standard InChI is InChI=1S/C18H24N2O5.C15H20N2O4.C9H15F3N2O3.C9H8O3.2ClH/c1-12(21)14-7-9-15(10-8-14)17(23)19-11-5-4-6-16(18(24)25-3)20-13(2)22;1-10(18)11-5-7-12(8-6-11)14(19)17-9-3-2-4-13(16)15(20)21;1-17-7(15)6(4-2-3-5-13)14-8(16)9(10,11)12;1-6(10)7-2-4-8(5-3-7)9(11)12;;/h7-10,16H,4-6,11H2,1-3H3,(H,19,23)(H,20,22);5-8,13H,2-4,9,16H2,1H3,(H,17,19)(H,20,21);6H,2-5,13H2,1H3,(H,14,16);2-5H,1H3,(H,11,12);2*1H/t16-;13-;6-;;;/m000.../s1. The lowest BCUT2D eigenvalue weighted by atomic mass is 10.1. The van der Waals surface area contributed by atoms with Gasteiger partial charge in [0.2, 0.25) is 5.91 Å². The number of ether oxygens (including phenoxy) is 2. The number of carbonyl (C=O) groups excluding carboxylic acids is 9. The van der Waals surface area contributed by atoms with E-state index in [2.05, 4.69) is 31.2 Å². The Balaban J connectivity index is -0.000000967. The van der Waals surface area contributed by atoms with Crippen molar-refractivity contribution >= 4 is 77.3 Å². The third kappa shape index (κ3) is 32.0. The molecule has 3 aromatic rings. The minimum Gasteiger partial charge on any atom is -1.00 e. The molecule has 3 aromatic carbocycles. The van der Waals surface area contributed by atoms with Crippen molar-refractivity contribution in [2.24, 2.45) is 5.73 Å². The average molecular weight is 1130 g/mol. The van der Waals surface area contributed by atoms with Gasteiger partial charge in [0.25, 0.3) is 11.8 Å². The number of carboxylic acid groups (broad SMARTS) is 2. The van der Waals surface area contributed by atoms with Crippen LogP contribution in [0.1, 0.15) is 148 Å². The van der Waals surface area contributed by atoms with Crippen LogP contribution in [0.15, 0.2) is 72.8 Å². The molecule has 0 saturated heterocycles. The maximum absolute atomic E-state index is 12.0. The van der Waals surface area contributed by atoms with Crippen LogP contribution in [0.2, 0.25) is 0 Å². The Morgan fingerprint density at radius 2 is 0.870 bits per heavy atom. The Kier molecular flexibility index (Phi) is 38.5. The van der Waals surface area contributed by atoms with Crippen molar-refractivity contribution in [1.29, 1.82) is 0 Å². The number of alkyl halides is 3. The maximum atomic E-state index is 12.0. The van der Waals surface area contributed by atoms with Gasteiger partial charge in [-0.15, -0.1) is 12.4 Å². The lowest BCUT2D eigenvalue weighted by Crippen LogP contribution is -3.00. The molecule has 0 aliphatic heterocycles. The number of aliphatic carboxylic acids is 1. The van der Waals surface area contributed by atoms with E-state index in [9.17, 15) is 65.9 Å². The zero-order chi connectivity index (χ0) is 57.3. The molecule has 0 aliphatic carbocycles. The van der Waals surface area contributed by atoms with Crippen molar-refractivity contribution in [3.8, 4) is 0 Å². The first-order chi connectivity index (χ1) is 35.2. The maximum Gasteiger partial charge on any atom is 0.471 e. The van der Waals surface area contributed by atoms with Crippen molar-refractivity contribution in [3.05, 3.63) is 106 Å². The third-order valence-electron chi connectivity index (χ3n) is 10.3. The first kappa shape index (κ1) is 74.0. The number of hydrogen-bond acceptors (Lipinski definition) is 14. The van der Waals surface area contributed by atoms with Gasteiger partial charge in [0.1, 0.15) is 12.1 Å². The lowest BCUT2D eigenvalue weighted by molar-refractivity contribution is -0.409. The number of methoxy groups -OCH3 is 2. The summed E-state index contributed by atoms with van der Waals surface area (Å²) in [4.78, 5) is 122. The molecule has 0 unspecified atom stereocenters. The number of hydrogen-bond donors (Lipinski definition) is 8. The first-order valence-corrected chi connectivity index (χ1v) is 23.4. The molecule has 26 heteroatoms. The molecule has 3 rings (SSSR count). The van der Waals surface area contributed by atoms with E-state index < -0.39 is 54.1 Å². The van der Waals surface area contributed by atoms with Crippen molar-refractivity contribution < 1.29 is 104 Å². The summed E-state index contributed by atoms with van der Waals surface area (Å²) in [6.07, 6.45) is -0.335. The number of rotatable bonds is 25. The molecule has 21 nitrogen and oxygen atoms in total. The van der Waals surface area contributed by atoms with Crippen LogP contribution < -0.4 is 45.1 Å². The summed E-state index contributed by atoms with van der Waals surface area (Å²) in [7, 11) is 2.31. The monoisotopic (exact) mass is 1130 g/mol. The summed E-state index contributed by atoms with van der Waals surface area (Å²) in [6, 6.07) is 16.2. The second kappa shape index (κ2) is 40.0. The fourth-order valence-corrected chi connectivity index (χ4v) is 6.04. The fourth-order valence-electron chi connectivity index (χ4n) is 6.04. The molecular weight excluding hydrogens is 1060 g/mol.